The van der Waals surface area contributed by atoms with Crippen LogP contribution in [-0.2, 0) is 4.79 Å². The van der Waals surface area contributed by atoms with E-state index >= 15 is 0 Å². The summed E-state index contributed by atoms with van der Waals surface area (Å²) in [6.45, 7) is 2.64. The second-order valence-corrected chi connectivity index (χ2v) is 7.98. The van der Waals surface area contributed by atoms with Crippen LogP contribution in [0.3, 0.4) is 0 Å². The molecule has 0 aromatic heterocycles. The van der Waals surface area contributed by atoms with E-state index in [0.717, 1.165) is 28.2 Å². The SMILES string of the molecule is O=C(c1ccc(-c2cccc3c2=CCN=3)cc1)N1CCN(C(=O)C2(O)CC2)CC1. The molecule has 2 heterocycles. The zero-order valence-corrected chi connectivity index (χ0v) is 16.2. The van der Waals surface area contributed by atoms with Gasteiger partial charge in [-0.05, 0) is 42.2 Å². The molecule has 29 heavy (non-hydrogen) atoms. The molecule has 0 bridgehead atoms. The molecule has 6 nitrogen and oxygen atoms in total. The highest BCUT2D eigenvalue weighted by atomic mass is 16.3. The van der Waals surface area contributed by atoms with E-state index in [1.807, 2.05) is 36.4 Å². The summed E-state index contributed by atoms with van der Waals surface area (Å²) in [6.07, 6.45) is 3.23. The van der Waals surface area contributed by atoms with Gasteiger partial charge in [-0.25, -0.2) is 0 Å². The third-order valence-corrected chi connectivity index (χ3v) is 6.06. The first-order valence-electron chi connectivity index (χ1n) is 10.1. The van der Waals surface area contributed by atoms with Crippen LogP contribution in [0, 0.1) is 0 Å². The highest BCUT2D eigenvalue weighted by molar-refractivity contribution is 5.95. The molecule has 1 saturated heterocycles. The number of carbonyl (C=O) groups is 2. The molecule has 2 fully saturated rings. The maximum atomic E-state index is 12.9. The molecule has 1 N–H and O–H groups in total. The van der Waals surface area contributed by atoms with E-state index in [-0.39, 0.29) is 11.8 Å². The third kappa shape index (κ3) is 3.23. The number of benzene rings is 2. The van der Waals surface area contributed by atoms with E-state index in [2.05, 4.69) is 17.1 Å². The first-order valence-corrected chi connectivity index (χ1v) is 10.1. The Morgan fingerprint density at radius 1 is 0.931 bits per heavy atom. The number of piperazine rings is 1. The van der Waals surface area contributed by atoms with Gasteiger partial charge in [0.1, 0.15) is 5.60 Å². The number of aliphatic hydroxyl groups is 1. The van der Waals surface area contributed by atoms with Crippen molar-refractivity contribution in [1.29, 1.82) is 0 Å². The molecule has 1 saturated carbocycles. The highest BCUT2D eigenvalue weighted by Gasteiger charge is 2.50. The molecule has 0 spiro atoms. The standard InChI is InChI=1S/C23H23N3O3/c27-21(25-12-14-26(15-13-25)22(28)23(29)9-10-23)17-6-4-16(5-7-17)18-2-1-3-20-19(18)8-11-24-20/h1-8,29H,9-15H2. The number of hydrogen-bond acceptors (Lipinski definition) is 4. The Kier molecular flexibility index (Phi) is 4.24. The van der Waals surface area contributed by atoms with Gasteiger partial charge in [0.15, 0.2) is 0 Å². The molecule has 2 aliphatic heterocycles. The van der Waals surface area contributed by atoms with Crippen LogP contribution in [0.25, 0.3) is 17.2 Å². The molecule has 0 unspecified atom stereocenters. The Morgan fingerprint density at radius 2 is 1.62 bits per heavy atom. The first-order chi connectivity index (χ1) is 14.0. The predicted molar refractivity (Wildman–Crippen MR) is 109 cm³/mol. The van der Waals surface area contributed by atoms with Crippen molar-refractivity contribution in [2.24, 2.45) is 4.99 Å². The fourth-order valence-corrected chi connectivity index (χ4v) is 4.11. The number of amides is 2. The normalized spacial score (nSPS) is 19.2. The maximum Gasteiger partial charge on any atom is 0.254 e. The van der Waals surface area contributed by atoms with Gasteiger partial charge in [-0.15, -0.1) is 0 Å². The molecule has 2 aromatic rings. The molecule has 148 valence electrons. The molecule has 2 aromatic carbocycles. The Balaban J connectivity index is 1.28. The summed E-state index contributed by atoms with van der Waals surface area (Å²) < 4.78 is 0. The zero-order chi connectivity index (χ0) is 20.0. The first kappa shape index (κ1) is 18.1. The number of fused-ring (bicyclic) bond motifs is 1. The van der Waals surface area contributed by atoms with E-state index < -0.39 is 5.60 Å². The Morgan fingerprint density at radius 3 is 2.31 bits per heavy atom. The second-order valence-electron chi connectivity index (χ2n) is 7.98. The molecular formula is C23H23N3O3. The summed E-state index contributed by atoms with van der Waals surface area (Å²) in [6, 6.07) is 13.8. The van der Waals surface area contributed by atoms with E-state index in [1.54, 1.807) is 9.80 Å². The van der Waals surface area contributed by atoms with Crippen LogP contribution >= 0.6 is 0 Å². The predicted octanol–water partition coefficient (Wildman–Crippen LogP) is 0.577. The average molecular weight is 389 g/mol. The van der Waals surface area contributed by atoms with Crippen molar-refractivity contribution in [3.8, 4) is 11.1 Å². The minimum absolute atomic E-state index is 0.0198. The minimum Gasteiger partial charge on any atom is -0.380 e. The lowest BCUT2D eigenvalue weighted by atomic mass is 10.0. The van der Waals surface area contributed by atoms with Crippen LogP contribution in [0.5, 0.6) is 0 Å². The van der Waals surface area contributed by atoms with Gasteiger partial charge >= 0.3 is 0 Å². The van der Waals surface area contributed by atoms with Crippen molar-refractivity contribution in [2.45, 2.75) is 18.4 Å². The fourth-order valence-electron chi connectivity index (χ4n) is 4.11. The van der Waals surface area contributed by atoms with Gasteiger partial charge in [0.05, 0.1) is 11.9 Å². The zero-order valence-electron chi connectivity index (χ0n) is 16.2. The van der Waals surface area contributed by atoms with Gasteiger partial charge < -0.3 is 14.9 Å². The van der Waals surface area contributed by atoms with Crippen molar-refractivity contribution in [3.05, 3.63) is 58.6 Å². The van der Waals surface area contributed by atoms with Gasteiger partial charge in [0.25, 0.3) is 11.8 Å². The van der Waals surface area contributed by atoms with Gasteiger partial charge in [0, 0.05) is 37.0 Å². The molecular weight excluding hydrogens is 366 g/mol. The van der Waals surface area contributed by atoms with E-state index in [9.17, 15) is 14.7 Å². The summed E-state index contributed by atoms with van der Waals surface area (Å²) in [7, 11) is 0. The maximum absolute atomic E-state index is 12.9. The summed E-state index contributed by atoms with van der Waals surface area (Å²) in [5.74, 6) is -0.207. The molecule has 5 rings (SSSR count). The number of rotatable bonds is 3. The Labute approximate surface area is 168 Å². The summed E-state index contributed by atoms with van der Waals surface area (Å²) in [4.78, 5) is 33.0. The van der Waals surface area contributed by atoms with Crippen LogP contribution in [0.1, 0.15) is 23.2 Å². The molecule has 0 radical (unpaired) electrons. The van der Waals surface area contributed by atoms with E-state index in [0.29, 0.717) is 44.6 Å². The summed E-state index contributed by atoms with van der Waals surface area (Å²) in [5, 5.41) is 12.2. The van der Waals surface area contributed by atoms with E-state index in [1.165, 1.54) is 0 Å². The lowest BCUT2D eigenvalue weighted by molar-refractivity contribution is -0.143. The molecule has 6 heteroatoms. The van der Waals surface area contributed by atoms with Crippen LogP contribution in [-0.4, -0.2) is 65.0 Å². The van der Waals surface area contributed by atoms with Crippen molar-refractivity contribution in [3.63, 3.8) is 0 Å². The van der Waals surface area contributed by atoms with Crippen molar-refractivity contribution >= 4 is 17.9 Å². The number of hydrogen-bond donors (Lipinski definition) is 1. The van der Waals surface area contributed by atoms with E-state index in [4.69, 9.17) is 0 Å². The second kappa shape index (κ2) is 6.81. The fraction of sp³-hybridized carbons (Fsp3) is 0.348. The minimum atomic E-state index is -1.13. The molecule has 2 amide bonds. The smallest absolute Gasteiger partial charge is 0.254 e. The van der Waals surface area contributed by atoms with Gasteiger partial charge in [0.2, 0.25) is 0 Å². The molecule has 1 aliphatic carbocycles. The number of nitrogens with zero attached hydrogens (tertiary/aromatic N) is 3. The monoisotopic (exact) mass is 389 g/mol. The topological polar surface area (TPSA) is 73.2 Å². The van der Waals surface area contributed by atoms with Gasteiger partial charge in [-0.3, -0.25) is 14.6 Å². The Hall–Kier alpha value is -2.99. The average Bonchev–Trinajstić information content (AvgIpc) is 3.33. The highest BCUT2D eigenvalue weighted by Crippen LogP contribution is 2.37. The van der Waals surface area contributed by atoms with Gasteiger partial charge in [-0.2, -0.15) is 0 Å². The van der Waals surface area contributed by atoms with Gasteiger partial charge in [-0.1, -0.05) is 30.3 Å². The van der Waals surface area contributed by atoms with Crippen LogP contribution in [0.2, 0.25) is 0 Å². The van der Waals surface area contributed by atoms with Crippen LogP contribution in [0.4, 0.5) is 0 Å². The van der Waals surface area contributed by atoms with Crippen molar-refractivity contribution in [1.82, 2.24) is 9.80 Å². The summed E-state index contributed by atoms with van der Waals surface area (Å²) in [5.41, 5.74) is 1.72. The largest absolute Gasteiger partial charge is 0.380 e. The van der Waals surface area contributed by atoms with Crippen LogP contribution < -0.4 is 10.6 Å². The van der Waals surface area contributed by atoms with Crippen molar-refractivity contribution in [2.75, 3.05) is 32.7 Å². The third-order valence-electron chi connectivity index (χ3n) is 6.06. The molecule has 3 aliphatic rings. The molecule has 0 atom stereocenters. The lowest BCUT2D eigenvalue weighted by Crippen LogP contribution is -2.53. The number of carbonyl (C=O) groups excluding carboxylic acids is 2. The lowest BCUT2D eigenvalue weighted by Gasteiger charge is -2.35. The Bertz CT molecular complexity index is 1100. The van der Waals surface area contributed by atoms with Crippen LogP contribution in [0.15, 0.2) is 47.5 Å². The quantitative estimate of drug-likeness (QED) is 0.835. The van der Waals surface area contributed by atoms with Crippen molar-refractivity contribution < 1.29 is 14.7 Å². The summed E-state index contributed by atoms with van der Waals surface area (Å²) >= 11 is 0.